The van der Waals surface area contributed by atoms with E-state index >= 15 is 0 Å². The largest absolute Gasteiger partial charge is 0.418 e. The fourth-order valence-electron chi connectivity index (χ4n) is 4.42. The van der Waals surface area contributed by atoms with E-state index in [4.69, 9.17) is 4.74 Å². The molecule has 2 N–H and O–H groups in total. The molecule has 0 spiro atoms. The minimum Gasteiger partial charge on any atom is -0.382 e. The lowest BCUT2D eigenvalue weighted by Crippen LogP contribution is -2.45. The Morgan fingerprint density at radius 1 is 1.00 bits per heavy atom. The van der Waals surface area contributed by atoms with E-state index in [1.165, 1.54) is 4.90 Å². The number of hydrogen-bond donors (Lipinski definition) is 2. The maximum atomic E-state index is 14.2. The van der Waals surface area contributed by atoms with Crippen LogP contribution in [0.3, 0.4) is 0 Å². The Kier molecular flexibility index (Phi) is 8.94. The number of alkyl halides is 6. The van der Waals surface area contributed by atoms with Gasteiger partial charge in [0.1, 0.15) is 0 Å². The summed E-state index contributed by atoms with van der Waals surface area (Å²) in [5, 5.41) is 6.35. The summed E-state index contributed by atoms with van der Waals surface area (Å²) in [6.45, 7) is 2.99. The Morgan fingerprint density at radius 3 is 2.34 bits per heavy atom. The van der Waals surface area contributed by atoms with Gasteiger partial charge in [0.2, 0.25) is 5.91 Å². The standard InChI is InChI=1S/C26H27F6N3O2S/c27-25(28,29)23-17(5-7-22(36)35-12-10-33-11-13-35)4-6-21(24(23)26(30,31)32)38-20-3-1-2-19(16-20)34-18-8-14-37-15-9-18/h1-7,16,18,33-34H,8-15H2/b7-5+. The molecule has 38 heavy (non-hydrogen) atoms. The molecular formula is C26H27F6N3O2S. The lowest BCUT2D eigenvalue weighted by atomic mass is 9.99. The summed E-state index contributed by atoms with van der Waals surface area (Å²) in [5.41, 5.74) is -3.63. The SMILES string of the molecule is O=C(/C=C/c1ccc(Sc2cccc(NC3CCOCC3)c2)c(C(F)(F)F)c1C(F)(F)F)N1CCNCC1. The van der Waals surface area contributed by atoms with Crippen LogP contribution in [0, 0.1) is 0 Å². The number of ether oxygens (including phenoxy) is 1. The van der Waals surface area contributed by atoms with Gasteiger partial charge in [-0.1, -0.05) is 23.9 Å². The quantitative estimate of drug-likeness (QED) is 0.341. The molecule has 5 nitrogen and oxygen atoms in total. The number of amides is 1. The van der Waals surface area contributed by atoms with Gasteiger partial charge in [-0.05, 0) is 48.7 Å². The first kappa shape index (κ1) is 28.3. The van der Waals surface area contributed by atoms with Crippen molar-refractivity contribution < 1.29 is 35.9 Å². The predicted molar refractivity (Wildman–Crippen MR) is 133 cm³/mol. The number of anilines is 1. The first-order valence-electron chi connectivity index (χ1n) is 12.1. The molecular weight excluding hydrogens is 532 g/mol. The average molecular weight is 560 g/mol. The van der Waals surface area contributed by atoms with Crippen LogP contribution in [0.4, 0.5) is 32.0 Å². The molecule has 0 aromatic heterocycles. The second kappa shape index (κ2) is 12.0. The highest BCUT2D eigenvalue weighted by atomic mass is 32.2. The van der Waals surface area contributed by atoms with Crippen LogP contribution in [0.2, 0.25) is 0 Å². The summed E-state index contributed by atoms with van der Waals surface area (Å²) in [7, 11) is 0. The normalized spacial score (nSPS) is 17.7. The van der Waals surface area contributed by atoms with Gasteiger partial charge < -0.3 is 20.3 Å². The molecule has 0 atom stereocenters. The van der Waals surface area contributed by atoms with Crippen LogP contribution in [-0.2, 0) is 21.9 Å². The third-order valence-electron chi connectivity index (χ3n) is 6.25. The maximum Gasteiger partial charge on any atom is 0.418 e. The highest BCUT2D eigenvalue weighted by molar-refractivity contribution is 7.99. The van der Waals surface area contributed by atoms with Crippen molar-refractivity contribution in [3.8, 4) is 0 Å². The van der Waals surface area contributed by atoms with Gasteiger partial charge in [-0.2, -0.15) is 26.3 Å². The van der Waals surface area contributed by atoms with E-state index < -0.39 is 39.8 Å². The summed E-state index contributed by atoms with van der Waals surface area (Å²) < 4.78 is 90.1. The lowest BCUT2D eigenvalue weighted by molar-refractivity contribution is -0.163. The fraction of sp³-hybridized carbons (Fsp3) is 0.423. The third-order valence-corrected chi connectivity index (χ3v) is 7.30. The van der Waals surface area contributed by atoms with Crippen LogP contribution in [0.15, 0.2) is 52.3 Å². The molecule has 2 aliphatic heterocycles. The second-order valence-corrected chi connectivity index (χ2v) is 10.1. The molecule has 4 rings (SSSR count). The number of piperazine rings is 1. The first-order chi connectivity index (χ1) is 18.0. The zero-order chi connectivity index (χ0) is 27.3. The number of nitrogens with zero attached hydrogens (tertiary/aromatic N) is 1. The van der Waals surface area contributed by atoms with E-state index in [9.17, 15) is 31.1 Å². The van der Waals surface area contributed by atoms with E-state index in [0.29, 0.717) is 61.7 Å². The Bertz CT molecular complexity index is 1160. The number of halogens is 6. The molecule has 206 valence electrons. The van der Waals surface area contributed by atoms with Crippen molar-refractivity contribution in [3.05, 3.63) is 59.2 Å². The molecule has 2 aliphatic rings. The fourth-order valence-corrected chi connectivity index (χ4v) is 5.46. The highest BCUT2D eigenvalue weighted by Crippen LogP contribution is 2.48. The van der Waals surface area contributed by atoms with Crippen LogP contribution >= 0.6 is 11.8 Å². The smallest absolute Gasteiger partial charge is 0.382 e. The maximum absolute atomic E-state index is 14.2. The van der Waals surface area contributed by atoms with Gasteiger partial charge in [0, 0.05) is 67.0 Å². The van der Waals surface area contributed by atoms with Gasteiger partial charge in [-0.3, -0.25) is 4.79 Å². The monoisotopic (exact) mass is 559 g/mol. The molecule has 0 unspecified atom stereocenters. The molecule has 2 aromatic carbocycles. The minimum atomic E-state index is -5.30. The van der Waals surface area contributed by atoms with Crippen molar-refractivity contribution in [1.82, 2.24) is 10.2 Å². The first-order valence-corrected chi connectivity index (χ1v) is 13.0. The van der Waals surface area contributed by atoms with Gasteiger partial charge in [-0.25, -0.2) is 0 Å². The van der Waals surface area contributed by atoms with Crippen LogP contribution in [0.25, 0.3) is 6.08 Å². The number of carbonyl (C=O) groups is 1. The van der Waals surface area contributed by atoms with Crippen molar-refractivity contribution in [1.29, 1.82) is 0 Å². The molecule has 0 aliphatic carbocycles. The predicted octanol–water partition coefficient (Wildman–Crippen LogP) is 5.91. The van der Waals surface area contributed by atoms with Crippen LogP contribution < -0.4 is 10.6 Å². The van der Waals surface area contributed by atoms with Crippen molar-refractivity contribution in [2.45, 2.75) is 41.0 Å². The highest BCUT2D eigenvalue weighted by Gasteiger charge is 2.46. The van der Waals surface area contributed by atoms with E-state index in [1.54, 1.807) is 24.3 Å². The second-order valence-electron chi connectivity index (χ2n) is 8.97. The molecule has 2 fully saturated rings. The molecule has 2 aromatic rings. The van der Waals surface area contributed by atoms with Crippen molar-refractivity contribution >= 4 is 29.4 Å². The molecule has 2 saturated heterocycles. The zero-order valence-corrected chi connectivity index (χ0v) is 21.1. The van der Waals surface area contributed by atoms with Gasteiger partial charge in [0.25, 0.3) is 0 Å². The number of hydrogen-bond acceptors (Lipinski definition) is 5. The summed E-state index contributed by atoms with van der Waals surface area (Å²) >= 11 is 0.612. The van der Waals surface area contributed by atoms with E-state index in [0.717, 1.165) is 37.1 Å². The Morgan fingerprint density at radius 2 is 1.68 bits per heavy atom. The lowest BCUT2D eigenvalue weighted by Gasteiger charge is -2.26. The number of carbonyl (C=O) groups excluding carboxylic acids is 1. The summed E-state index contributed by atoms with van der Waals surface area (Å²) in [5.74, 6) is -0.555. The van der Waals surface area contributed by atoms with Gasteiger partial charge in [0.05, 0.1) is 11.1 Å². The number of nitrogens with one attached hydrogen (secondary N) is 2. The van der Waals surface area contributed by atoms with E-state index in [2.05, 4.69) is 10.6 Å². The van der Waals surface area contributed by atoms with E-state index in [-0.39, 0.29) is 6.04 Å². The zero-order valence-electron chi connectivity index (χ0n) is 20.3. The van der Waals surface area contributed by atoms with E-state index in [1.807, 2.05) is 0 Å². The number of benzene rings is 2. The molecule has 0 radical (unpaired) electrons. The van der Waals surface area contributed by atoms with Crippen molar-refractivity contribution in [2.75, 3.05) is 44.7 Å². The third kappa shape index (κ3) is 7.23. The van der Waals surface area contributed by atoms with Crippen LogP contribution in [0.5, 0.6) is 0 Å². The molecule has 2 heterocycles. The Hall–Kier alpha value is -2.70. The van der Waals surface area contributed by atoms with Crippen molar-refractivity contribution in [2.24, 2.45) is 0 Å². The van der Waals surface area contributed by atoms with Gasteiger partial charge >= 0.3 is 12.4 Å². The minimum absolute atomic E-state index is 0.140. The summed E-state index contributed by atoms with van der Waals surface area (Å²) in [6, 6.07) is 8.71. The van der Waals surface area contributed by atoms with Gasteiger partial charge in [0.15, 0.2) is 0 Å². The summed E-state index contributed by atoms with van der Waals surface area (Å²) in [6.07, 6.45) is -7.32. The molecule has 1 amide bonds. The average Bonchev–Trinajstić information content (AvgIpc) is 2.87. The van der Waals surface area contributed by atoms with Gasteiger partial charge in [-0.15, -0.1) is 0 Å². The van der Waals surface area contributed by atoms with Crippen molar-refractivity contribution in [3.63, 3.8) is 0 Å². The number of rotatable bonds is 6. The topological polar surface area (TPSA) is 53.6 Å². The molecule has 0 saturated carbocycles. The molecule has 0 bridgehead atoms. The summed E-state index contributed by atoms with van der Waals surface area (Å²) in [4.78, 5) is 13.6. The molecule has 12 heteroatoms. The Labute approximate surface area is 220 Å². The van der Waals surface area contributed by atoms with Crippen LogP contribution in [-0.4, -0.2) is 56.2 Å². The van der Waals surface area contributed by atoms with Crippen LogP contribution in [0.1, 0.15) is 29.5 Å². The Balaban J connectivity index is 1.66.